The first kappa shape index (κ1) is 17.5. The van der Waals surface area contributed by atoms with Crippen LogP contribution < -0.4 is 5.73 Å². The number of hydrogen-bond donors (Lipinski definition) is 1. The fourth-order valence-corrected chi connectivity index (χ4v) is 3.60. The Labute approximate surface area is 131 Å². The molecular weight excluding hydrogens is 292 g/mol. The SMILES string of the molecule is CC(N)C1CCCN(C(=O)C(C)(C)c2cccs2)C1.Cl. The molecule has 0 saturated carbocycles. The predicted octanol–water partition coefficient (Wildman–Crippen LogP) is 3.03. The Balaban J connectivity index is 0.00000200. The molecule has 0 aliphatic carbocycles. The van der Waals surface area contributed by atoms with Gasteiger partial charge in [0.2, 0.25) is 5.91 Å². The number of likely N-dealkylation sites (tertiary alicyclic amines) is 1. The number of halogens is 1. The quantitative estimate of drug-likeness (QED) is 0.931. The van der Waals surface area contributed by atoms with E-state index in [2.05, 4.69) is 6.07 Å². The minimum Gasteiger partial charge on any atom is -0.342 e. The van der Waals surface area contributed by atoms with Crippen LogP contribution in [0.2, 0.25) is 0 Å². The lowest BCUT2D eigenvalue weighted by molar-refractivity contribution is -0.138. The fraction of sp³-hybridized carbons (Fsp3) is 0.667. The van der Waals surface area contributed by atoms with E-state index in [1.807, 2.05) is 37.1 Å². The van der Waals surface area contributed by atoms with Gasteiger partial charge in [0.15, 0.2) is 0 Å². The third-order valence-electron chi connectivity index (χ3n) is 4.16. The maximum atomic E-state index is 12.8. The summed E-state index contributed by atoms with van der Waals surface area (Å²) in [5, 5.41) is 2.03. The van der Waals surface area contributed by atoms with E-state index in [4.69, 9.17) is 5.73 Å². The molecule has 3 nitrogen and oxygen atoms in total. The smallest absolute Gasteiger partial charge is 0.233 e. The Morgan fingerprint density at radius 2 is 2.25 bits per heavy atom. The molecule has 1 aromatic rings. The van der Waals surface area contributed by atoms with Gasteiger partial charge in [0, 0.05) is 24.0 Å². The molecule has 5 heteroatoms. The first-order valence-electron chi connectivity index (χ1n) is 7.02. The van der Waals surface area contributed by atoms with Gasteiger partial charge in [-0.3, -0.25) is 4.79 Å². The van der Waals surface area contributed by atoms with E-state index in [1.165, 1.54) is 0 Å². The summed E-state index contributed by atoms with van der Waals surface area (Å²) in [4.78, 5) is 15.9. The second kappa shape index (κ2) is 6.92. The molecule has 1 aromatic heterocycles. The van der Waals surface area contributed by atoms with Crippen molar-refractivity contribution >= 4 is 29.7 Å². The number of thiophene rings is 1. The highest BCUT2D eigenvalue weighted by Gasteiger charge is 2.37. The van der Waals surface area contributed by atoms with Crippen molar-refractivity contribution in [3.63, 3.8) is 0 Å². The standard InChI is InChI=1S/C15H24N2OS.ClH/c1-11(16)12-6-4-8-17(10-12)14(18)15(2,3)13-7-5-9-19-13;/h5,7,9,11-12H,4,6,8,10,16H2,1-3H3;1H. The Bertz CT molecular complexity index is 431. The molecule has 2 atom stereocenters. The zero-order valence-corrected chi connectivity index (χ0v) is 14.1. The van der Waals surface area contributed by atoms with Crippen molar-refractivity contribution < 1.29 is 4.79 Å². The molecular formula is C15H25ClN2OS. The van der Waals surface area contributed by atoms with Crippen LogP contribution in [0.15, 0.2) is 17.5 Å². The van der Waals surface area contributed by atoms with Gasteiger partial charge < -0.3 is 10.6 Å². The van der Waals surface area contributed by atoms with Crippen molar-refractivity contribution in [1.82, 2.24) is 4.90 Å². The monoisotopic (exact) mass is 316 g/mol. The second-order valence-electron chi connectivity index (χ2n) is 6.11. The highest BCUT2D eigenvalue weighted by Crippen LogP contribution is 2.31. The van der Waals surface area contributed by atoms with Crippen LogP contribution in [0.25, 0.3) is 0 Å². The first-order valence-corrected chi connectivity index (χ1v) is 7.90. The second-order valence-corrected chi connectivity index (χ2v) is 7.06. The normalized spacial score (nSPS) is 21.2. The largest absolute Gasteiger partial charge is 0.342 e. The van der Waals surface area contributed by atoms with Gasteiger partial charge in [-0.1, -0.05) is 6.07 Å². The molecule has 2 heterocycles. The van der Waals surface area contributed by atoms with Crippen molar-refractivity contribution in [2.24, 2.45) is 11.7 Å². The van der Waals surface area contributed by atoms with Crippen LogP contribution in [-0.4, -0.2) is 29.9 Å². The Morgan fingerprint density at radius 1 is 1.55 bits per heavy atom. The Kier molecular flexibility index (Phi) is 6.05. The van der Waals surface area contributed by atoms with E-state index >= 15 is 0 Å². The summed E-state index contributed by atoms with van der Waals surface area (Å²) in [7, 11) is 0. The van der Waals surface area contributed by atoms with Crippen molar-refractivity contribution in [3.8, 4) is 0 Å². The summed E-state index contributed by atoms with van der Waals surface area (Å²) in [6.45, 7) is 7.78. The van der Waals surface area contributed by atoms with Crippen molar-refractivity contribution in [2.45, 2.75) is 45.1 Å². The number of piperidine rings is 1. The molecule has 0 spiro atoms. The minimum atomic E-state index is -0.423. The van der Waals surface area contributed by atoms with Gasteiger partial charge in [-0.05, 0) is 51.0 Å². The lowest BCUT2D eigenvalue weighted by Crippen LogP contribution is -2.50. The molecule has 114 valence electrons. The number of amides is 1. The summed E-state index contributed by atoms with van der Waals surface area (Å²) in [6, 6.07) is 4.23. The van der Waals surface area contributed by atoms with E-state index in [0.717, 1.165) is 30.8 Å². The molecule has 0 bridgehead atoms. The number of nitrogens with two attached hydrogens (primary N) is 1. The van der Waals surface area contributed by atoms with Gasteiger partial charge in [0.05, 0.1) is 5.41 Å². The topological polar surface area (TPSA) is 46.3 Å². The summed E-state index contributed by atoms with van der Waals surface area (Å²) in [6.07, 6.45) is 2.21. The summed E-state index contributed by atoms with van der Waals surface area (Å²) < 4.78 is 0. The third kappa shape index (κ3) is 3.54. The molecule has 2 unspecified atom stereocenters. The molecule has 0 aromatic carbocycles. The van der Waals surface area contributed by atoms with Crippen LogP contribution >= 0.6 is 23.7 Å². The number of hydrogen-bond acceptors (Lipinski definition) is 3. The molecule has 2 rings (SSSR count). The number of carbonyl (C=O) groups is 1. The molecule has 1 fully saturated rings. The van der Waals surface area contributed by atoms with E-state index in [1.54, 1.807) is 11.3 Å². The summed E-state index contributed by atoms with van der Waals surface area (Å²) in [5.41, 5.74) is 5.57. The van der Waals surface area contributed by atoms with Gasteiger partial charge >= 0.3 is 0 Å². The zero-order chi connectivity index (χ0) is 14.0. The molecule has 20 heavy (non-hydrogen) atoms. The lowest BCUT2D eigenvalue weighted by Gasteiger charge is -2.38. The predicted molar refractivity (Wildman–Crippen MR) is 87.5 cm³/mol. The number of carbonyl (C=O) groups excluding carboxylic acids is 1. The molecule has 1 aliphatic heterocycles. The highest BCUT2D eigenvalue weighted by atomic mass is 35.5. The first-order chi connectivity index (χ1) is 8.93. The van der Waals surface area contributed by atoms with Crippen LogP contribution in [0.5, 0.6) is 0 Å². The van der Waals surface area contributed by atoms with E-state index in [-0.39, 0.29) is 24.4 Å². The van der Waals surface area contributed by atoms with E-state index in [0.29, 0.717) is 5.92 Å². The highest BCUT2D eigenvalue weighted by molar-refractivity contribution is 7.10. The van der Waals surface area contributed by atoms with Crippen LogP contribution in [-0.2, 0) is 10.2 Å². The zero-order valence-electron chi connectivity index (χ0n) is 12.5. The van der Waals surface area contributed by atoms with Gasteiger partial charge in [-0.2, -0.15) is 0 Å². The minimum absolute atomic E-state index is 0. The van der Waals surface area contributed by atoms with Crippen LogP contribution in [0.3, 0.4) is 0 Å². The number of nitrogens with zero attached hydrogens (tertiary/aromatic N) is 1. The van der Waals surface area contributed by atoms with Gasteiger partial charge in [0.25, 0.3) is 0 Å². The average Bonchev–Trinajstić information content (AvgIpc) is 2.92. The lowest BCUT2D eigenvalue weighted by atomic mass is 9.86. The Morgan fingerprint density at radius 3 is 2.80 bits per heavy atom. The van der Waals surface area contributed by atoms with Crippen LogP contribution in [0, 0.1) is 5.92 Å². The van der Waals surface area contributed by atoms with Gasteiger partial charge in [-0.25, -0.2) is 0 Å². The molecule has 1 aliphatic rings. The third-order valence-corrected chi connectivity index (χ3v) is 5.35. The fourth-order valence-electron chi connectivity index (χ4n) is 2.76. The maximum Gasteiger partial charge on any atom is 0.233 e. The maximum absolute atomic E-state index is 12.8. The molecule has 0 radical (unpaired) electrons. The van der Waals surface area contributed by atoms with E-state index in [9.17, 15) is 4.79 Å². The average molecular weight is 317 g/mol. The summed E-state index contributed by atoms with van der Waals surface area (Å²) >= 11 is 1.66. The van der Waals surface area contributed by atoms with Crippen molar-refractivity contribution in [2.75, 3.05) is 13.1 Å². The molecule has 1 saturated heterocycles. The van der Waals surface area contributed by atoms with Crippen molar-refractivity contribution in [3.05, 3.63) is 22.4 Å². The number of rotatable bonds is 3. The van der Waals surface area contributed by atoms with Gasteiger partial charge in [0.1, 0.15) is 0 Å². The Hall–Kier alpha value is -0.580. The van der Waals surface area contributed by atoms with Crippen molar-refractivity contribution in [1.29, 1.82) is 0 Å². The van der Waals surface area contributed by atoms with E-state index < -0.39 is 5.41 Å². The van der Waals surface area contributed by atoms with Crippen LogP contribution in [0.1, 0.15) is 38.5 Å². The molecule has 2 N–H and O–H groups in total. The molecule has 1 amide bonds. The van der Waals surface area contributed by atoms with Gasteiger partial charge in [-0.15, -0.1) is 23.7 Å². The summed E-state index contributed by atoms with van der Waals surface area (Å²) in [5.74, 6) is 0.678. The van der Waals surface area contributed by atoms with Crippen LogP contribution in [0.4, 0.5) is 0 Å².